The first kappa shape index (κ1) is 22.8. The summed E-state index contributed by atoms with van der Waals surface area (Å²) in [6.07, 6.45) is 0.896. The van der Waals surface area contributed by atoms with Crippen LogP contribution in [-0.4, -0.2) is 50.8 Å². The van der Waals surface area contributed by atoms with Crippen molar-refractivity contribution in [2.24, 2.45) is 0 Å². The number of methoxy groups -OCH3 is 1. The van der Waals surface area contributed by atoms with E-state index in [0.29, 0.717) is 34.5 Å². The Kier molecular flexibility index (Phi) is 6.18. The standard InChI is InChI=1S/C25H24N2O7/c1-34-17-5-3-16(4-6-17)26-25(33)20-10-15-11-23(31)24(32)12-18(15)19(27(20)13-28)8-14-2-7-21(29)22(30)9-14/h2-7,9,11-13,19-20,29-32H,8,10H2,1H3,(H,26,33)/t19-,20-/m0/s1. The molecule has 0 fully saturated rings. The fourth-order valence-corrected chi connectivity index (χ4v) is 4.22. The number of hydrogen-bond acceptors (Lipinski definition) is 7. The molecule has 34 heavy (non-hydrogen) atoms. The second kappa shape index (κ2) is 9.22. The van der Waals surface area contributed by atoms with Gasteiger partial charge >= 0.3 is 0 Å². The fraction of sp³-hybridized carbons (Fsp3) is 0.200. The van der Waals surface area contributed by atoms with Crippen LogP contribution in [-0.2, 0) is 22.4 Å². The lowest BCUT2D eigenvalue weighted by Gasteiger charge is -2.40. The number of benzene rings is 3. The van der Waals surface area contributed by atoms with Crippen LogP contribution in [0.5, 0.6) is 28.7 Å². The Morgan fingerprint density at radius 1 is 1.00 bits per heavy atom. The van der Waals surface area contributed by atoms with Crippen molar-refractivity contribution >= 4 is 18.0 Å². The van der Waals surface area contributed by atoms with Gasteiger partial charge < -0.3 is 35.4 Å². The summed E-state index contributed by atoms with van der Waals surface area (Å²) in [6.45, 7) is 0. The van der Waals surface area contributed by atoms with Gasteiger partial charge in [0, 0.05) is 12.1 Å². The Morgan fingerprint density at radius 2 is 1.68 bits per heavy atom. The Bertz CT molecular complexity index is 1230. The second-order valence-electron chi connectivity index (χ2n) is 8.07. The molecule has 9 nitrogen and oxygen atoms in total. The number of anilines is 1. The SMILES string of the molecule is COc1ccc(NC(=O)[C@@H]2Cc3cc(O)c(O)cc3[C@H](Cc3ccc(O)c(O)c3)N2C=O)cc1. The lowest BCUT2D eigenvalue weighted by atomic mass is 9.84. The minimum absolute atomic E-state index is 0.126. The molecular formula is C25H24N2O7. The number of rotatable bonds is 6. The largest absolute Gasteiger partial charge is 0.504 e. The zero-order chi connectivity index (χ0) is 24.4. The second-order valence-corrected chi connectivity index (χ2v) is 8.07. The summed E-state index contributed by atoms with van der Waals surface area (Å²) in [4.78, 5) is 26.8. The third-order valence-electron chi connectivity index (χ3n) is 5.98. The molecule has 5 N–H and O–H groups in total. The summed E-state index contributed by atoms with van der Waals surface area (Å²) in [7, 11) is 1.54. The van der Waals surface area contributed by atoms with E-state index in [2.05, 4.69) is 5.32 Å². The molecule has 0 saturated heterocycles. The molecule has 0 spiro atoms. The predicted octanol–water partition coefficient (Wildman–Crippen LogP) is 2.82. The summed E-state index contributed by atoms with van der Waals surface area (Å²) in [6, 6.07) is 12.3. The van der Waals surface area contributed by atoms with Crippen LogP contribution in [0.2, 0.25) is 0 Å². The van der Waals surface area contributed by atoms with Gasteiger partial charge in [-0.2, -0.15) is 0 Å². The number of aromatic hydroxyl groups is 4. The minimum atomic E-state index is -0.897. The van der Waals surface area contributed by atoms with Crippen LogP contribution in [0.3, 0.4) is 0 Å². The molecule has 1 aliphatic heterocycles. The number of carbonyl (C=O) groups excluding carboxylic acids is 2. The van der Waals surface area contributed by atoms with Gasteiger partial charge in [-0.1, -0.05) is 6.07 Å². The first-order chi connectivity index (χ1) is 16.3. The molecule has 3 aromatic rings. The Labute approximate surface area is 195 Å². The number of phenols is 4. The van der Waals surface area contributed by atoms with Crippen molar-refractivity contribution in [2.75, 3.05) is 12.4 Å². The van der Waals surface area contributed by atoms with Crippen LogP contribution in [0.4, 0.5) is 5.69 Å². The highest BCUT2D eigenvalue weighted by atomic mass is 16.5. The van der Waals surface area contributed by atoms with Gasteiger partial charge in [0.1, 0.15) is 11.8 Å². The van der Waals surface area contributed by atoms with Gasteiger partial charge in [0.05, 0.1) is 13.2 Å². The molecule has 0 aromatic heterocycles. The molecule has 0 saturated carbocycles. The van der Waals surface area contributed by atoms with E-state index in [4.69, 9.17) is 4.74 Å². The molecular weight excluding hydrogens is 440 g/mol. The van der Waals surface area contributed by atoms with Crippen LogP contribution >= 0.6 is 0 Å². The number of phenolic OH excluding ortho intramolecular Hbond substituents is 4. The van der Waals surface area contributed by atoms with Gasteiger partial charge in [0.2, 0.25) is 12.3 Å². The first-order valence-corrected chi connectivity index (χ1v) is 10.5. The quantitative estimate of drug-likeness (QED) is 0.279. The minimum Gasteiger partial charge on any atom is -0.504 e. The monoisotopic (exact) mass is 464 g/mol. The number of amides is 2. The van der Waals surface area contributed by atoms with Gasteiger partial charge in [0.15, 0.2) is 23.0 Å². The first-order valence-electron chi connectivity index (χ1n) is 10.5. The van der Waals surface area contributed by atoms with E-state index in [1.165, 1.54) is 36.3 Å². The van der Waals surface area contributed by atoms with Crippen molar-refractivity contribution in [1.82, 2.24) is 4.90 Å². The van der Waals surface area contributed by atoms with E-state index in [9.17, 15) is 30.0 Å². The van der Waals surface area contributed by atoms with Gasteiger partial charge in [-0.15, -0.1) is 0 Å². The number of carbonyl (C=O) groups is 2. The summed E-state index contributed by atoms with van der Waals surface area (Å²) >= 11 is 0. The van der Waals surface area contributed by atoms with Crippen LogP contribution in [0, 0.1) is 0 Å². The molecule has 2 amide bonds. The molecule has 176 valence electrons. The molecule has 1 aliphatic rings. The maximum absolute atomic E-state index is 13.2. The number of ether oxygens (including phenoxy) is 1. The molecule has 0 radical (unpaired) electrons. The molecule has 0 unspecified atom stereocenters. The highest BCUT2D eigenvalue weighted by molar-refractivity contribution is 5.96. The fourth-order valence-electron chi connectivity index (χ4n) is 4.22. The highest BCUT2D eigenvalue weighted by Crippen LogP contribution is 2.41. The highest BCUT2D eigenvalue weighted by Gasteiger charge is 2.38. The molecule has 0 aliphatic carbocycles. The number of hydrogen-bond donors (Lipinski definition) is 5. The normalized spacial score (nSPS) is 17.0. The summed E-state index contributed by atoms with van der Waals surface area (Å²) < 4.78 is 5.13. The van der Waals surface area contributed by atoms with Crippen molar-refractivity contribution in [3.8, 4) is 28.7 Å². The Hall–Kier alpha value is -4.40. The van der Waals surface area contributed by atoms with Crippen LogP contribution < -0.4 is 10.1 Å². The van der Waals surface area contributed by atoms with E-state index in [-0.39, 0.29) is 35.8 Å². The van der Waals surface area contributed by atoms with Gasteiger partial charge in [-0.05, 0) is 71.6 Å². The molecule has 0 bridgehead atoms. The van der Waals surface area contributed by atoms with E-state index in [1.807, 2.05) is 0 Å². The summed E-state index contributed by atoms with van der Waals surface area (Å²) in [5, 5.41) is 42.5. The number of nitrogens with zero attached hydrogens (tertiary/aromatic N) is 1. The Balaban J connectivity index is 1.69. The zero-order valence-corrected chi connectivity index (χ0v) is 18.3. The van der Waals surface area contributed by atoms with Crippen LogP contribution in [0.25, 0.3) is 0 Å². The van der Waals surface area contributed by atoms with Gasteiger partial charge in [0.25, 0.3) is 0 Å². The van der Waals surface area contributed by atoms with Crippen molar-refractivity contribution in [2.45, 2.75) is 24.9 Å². The molecule has 4 rings (SSSR count). The van der Waals surface area contributed by atoms with E-state index < -0.39 is 18.0 Å². The maximum atomic E-state index is 13.2. The smallest absolute Gasteiger partial charge is 0.247 e. The van der Waals surface area contributed by atoms with Crippen molar-refractivity contribution in [3.05, 3.63) is 71.3 Å². The van der Waals surface area contributed by atoms with E-state index in [1.54, 1.807) is 30.3 Å². The van der Waals surface area contributed by atoms with Crippen molar-refractivity contribution in [3.63, 3.8) is 0 Å². The number of fused-ring (bicyclic) bond motifs is 1. The lowest BCUT2D eigenvalue weighted by molar-refractivity contribution is -0.132. The number of nitrogens with one attached hydrogen (secondary N) is 1. The average molecular weight is 464 g/mol. The van der Waals surface area contributed by atoms with Gasteiger partial charge in [-0.25, -0.2) is 0 Å². The van der Waals surface area contributed by atoms with Crippen molar-refractivity contribution in [1.29, 1.82) is 0 Å². The third kappa shape index (κ3) is 4.40. The molecule has 2 atom stereocenters. The van der Waals surface area contributed by atoms with Crippen LogP contribution in [0.15, 0.2) is 54.6 Å². The predicted molar refractivity (Wildman–Crippen MR) is 123 cm³/mol. The molecule has 1 heterocycles. The topological polar surface area (TPSA) is 140 Å². The molecule has 3 aromatic carbocycles. The van der Waals surface area contributed by atoms with E-state index in [0.717, 1.165) is 0 Å². The Morgan fingerprint density at radius 3 is 2.32 bits per heavy atom. The average Bonchev–Trinajstić information content (AvgIpc) is 2.82. The lowest BCUT2D eigenvalue weighted by Crippen LogP contribution is -2.50. The van der Waals surface area contributed by atoms with Gasteiger partial charge in [-0.3, -0.25) is 9.59 Å². The van der Waals surface area contributed by atoms with Crippen LogP contribution in [0.1, 0.15) is 22.7 Å². The summed E-state index contributed by atoms with van der Waals surface area (Å²) in [5.41, 5.74) is 2.30. The third-order valence-corrected chi connectivity index (χ3v) is 5.98. The van der Waals surface area contributed by atoms with E-state index >= 15 is 0 Å². The molecule has 9 heteroatoms. The zero-order valence-electron chi connectivity index (χ0n) is 18.3. The maximum Gasteiger partial charge on any atom is 0.247 e. The summed E-state index contributed by atoms with van der Waals surface area (Å²) in [5.74, 6) is -1.05. The van der Waals surface area contributed by atoms with Crippen molar-refractivity contribution < 1.29 is 34.8 Å².